The summed E-state index contributed by atoms with van der Waals surface area (Å²) < 4.78 is 9.75. The number of benzene rings is 14. The minimum absolute atomic E-state index is 0.213. The Balaban J connectivity index is 0.978. The first-order valence-electron chi connectivity index (χ1n) is 30.4. The number of nitrogens with zero attached hydrogens (tertiary/aromatic N) is 2. The lowest BCUT2D eigenvalue weighted by Crippen LogP contribution is -2.60. The Bertz CT molecular complexity index is 5420. The monoisotopic (exact) mass is 1120 g/mol. The average molecular weight is 1120 g/mol. The number of hydrogen-bond acceptors (Lipinski definition) is 2. The Morgan fingerprint density at radius 2 is 0.659 bits per heavy atom. The van der Waals surface area contributed by atoms with Crippen molar-refractivity contribution in [2.45, 2.75) is 0 Å². The van der Waals surface area contributed by atoms with Gasteiger partial charge >= 0.3 is 0 Å². The lowest BCUT2D eigenvalue weighted by atomic mass is 9.33. The smallest absolute Gasteiger partial charge is 0.252 e. The van der Waals surface area contributed by atoms with Crippen LogP contribution in [-0.2, 0) is 0 Å². The topological polar surface area (TPSA) is 21.3 Å². The van der Waals surface area contributed by atoms with Gasteiger partial charge < -0.3 is 13.9 Å². The van der Waals surface area contributed by atoms with Crippen molar-refractivity contribution in [3.05, 3.63) is 322 Å². The first-order valence-corrected chi connectivity index (χ1v) is 30.4. The molecule has 0 radical (unpaired) electrons. The molecule has 4 heteroatoms. The number of hydrogen-bond donors (Lipinski definition) is 0. The van der Waals surface area contributed by atoms with Gasteiger partial charge in [0.2, 0.25) is 0 Å². The van der Waals surface area contributed by atoms with Crippen molar-refractivity contribution < 1.29 is 4.42 Å². The van der Waals surface area contributed by atoms with Gasteiger partial charge in [-0.05, 0) is 173 Å². The van der Waals surface area contributed by atoms with Crippen molar-refractivity contribution in [1.82, 2.24) is 4.57 Å². The van der Waals surface area contributed by atoms with Gasteiger partial charge in [-0.15, -0.1) is 0 Å². The second-order valence-corrected chi connectivity index (χ2v) is 23.5. The predicted molar refractivity (Wildman–Crippen MR) is 371 cm³/mol. The number of aromatic nitrogens is 1. The first-order chi connectivity index (χ1) is 43.6. The second kappa shape index (κ2) is 20.1. The third-order valence-corrected chi connectivity index (χ3v) is 18.5. The molecule has 0 spiro atoms. The minimum atomic E-state index is -0.213. The Labute approximate surface area is 511 Å². The normalized spacial score (nSPS) is 12.3. The van der Waals surface area contributed by atoms with E-state index in [0.717, 1.165) is 83.5 Å². The molecule has 0 unspecified atom stereocenters. The Morgan fingerprint density at radius 1 is 0.239 bits per heavy atom. The quantitative estimate of drug-likeness (QED) is 0.134. The molecule has 16 aromatic rings. The molecule has 0 saturated carbocycles. The zero-order chi connectivity index (χ0) is 57.8. The maximum atomic E-state index is 7.13. The summed E-state index contributed by atoms with van der Waals surface area (Å²) in [6, 6.07) is 119. The molecule has 0 fully saturated rings. The highest BCUT2D eigenvalue weighted by Crippen LogP contribution is 2.50. The maximum absolute atomic E-state index is 7.13. The summed E-state index contributed by atoms with van der Waals surface area (Å²) in [7, 11) is 0. The van der Waals surface area contributed by atoms with Crippen molar-refractivity contribution >= 4 is 83.9 Å². The average Bonchev–Trinajstić information content (AvgIpc) is 1.68. The van der Waals surface area contributed by atoms with Crippen molar-refractivity contribution in [3.8, 4) is 94.7 Å². The van der Waals surface area contributed by atoms with E-state index in [2.05, 4.69) is 331 Å². The molecule has 0 N–H and O–H groups in total. The van der Waals surface area contributed by atoms with Crippen LogP contribution in [0.5, 0.6) is 0 Å². The van der Waals surface area contributed by atoms with Crippen molar-refractivity contribution in [3.63, 3.8) is 0 Å². The molecule has 2 aliphatic heterocycles. The van der Waals surface area contributed by atoms with Crippen LogP contribution in [0.3, 0.4) is 0 Å². The number of rotatable bonds is 9. The molecule has 4 heterocycles. The number of furan rings is 1. The highest BCUT2D eigenvalue weighted by atomic mass is 16.3. The Morgan fingerprint density at radius 3 is 1.26 bits per heavy atom. The van der Waals surface area contributed by atoms with Gasteiger partial charge in [0.15, 0.2) is 0 Å². The van der Waals surface area contributed by atoms with E-state index < -0.39 is 0 Å². The fourth-order valence-electron chi connectivity index (χ4n) is 14.4. The molecule has 0 atom stereocenters. The van der Waals surface area contributed by atoms with Crippen molar-refractivity contribution in [1.29, 1.82) is 0 Å². The van der Waals surface area contributed by atoms with Gasteiger partial charge in [-0.25, -0.2) is 0 Å². The van der Waals surface area contributed by atoms with E-state index in [0.29, 0.717) is 0 Å². The van der Waals surface area contributed by atoms with Crippen molar-refractivity contribution in [2.24, 2.45) is 0 Å². The van der Waals surface area contributed by atoms with E-state index in [1.54, 1.807) is 0 Å². The van der Waals surface area contributed by atoms with E-state index in [4.69, 9.17) is 4.42 Å². The van der Waals surface area contributed by atoms with Crippen LogP contribution in [0.15, 0.2) is 326 Å². The SMILES string of the molecule is c1ccc(-c2cccc(-c3ccc4c(c3)c3cc(-c5cccc(-c6ccccc6)c5)cc5c3n4-c3cc(-c4ccccc4)cc4c3B5c3cc5oc6ccc(-c7ccccc7)cc6c5cc3N4c3cc(-c4ccccc4)ccc3-c3ccccc3)c2)cc1. The first kappa shape index (κ1) is 49.9. The van der Waals surface area contributed by atoms with Crippen LogP contribution < -0.4 is 21.3 Å². The lowest BCUT2D eigenvalue weighted by molar-refractivity contribution is 0.669. The van der Waals surface area contributed by atoms with Gasteiger partial charge in [-0.2, -0.15) is 0 Å². The molecule has 2 aliphatic rings. The van der Waals surface area contributed by atoms with Crippen LogP contribution in [0, 0.1) is 0 Å². The third-order valence-electron chi connectivity index (χ3n) is 18.5. The molecular weight excluding hydrogens is 1060 g/mol. The molecule has 408 valence electrons. The Kier molecular flexibility index (Phi) is 11.4. The number of anilines is 3. The fraction of sp³-hybridized carbons (Fsp3) is 0. The van der Waals surface area contributed by atoms with E-state index in [9.17, 15) is 0 Å². The Hall–Kier alpha value is -11.5. The summed E-state index contributed by atoms with van der Waals surface area (Å²) in [4.78, 5) is 2.62. The van der Waals surface area contributed by atoms with Gasteiger partial charge in [0.25, 0.3) is 6.71 Å². The molecule has 18 rings (SSSR count). The lowest BCUT2D eigenvalue weighted by Gasteiger charge is -2.41. The summed E-state index contributed by atoms with van der Waals surface area (Å²) in [6.07, 6.45) is 0. The van der Waals surface area contributed by atoms with Gasteiger partial charge in [0.1, 0.15) is 11.2 Å². The summed E-state index contributed by atoms with van der Waals surface area (Å²) >= 11 is 0. The molecule has 0 bridgehead atoms. The molecule has 88 heavy (non-hydrogen) atoms. The molecule has 2 aromatic heterocycles. The van der Waals surface area contributed by atoms with Crippen LogP contribution in [-0.4, -0.2) is 11.3 Å². The third kappa shape index (κ3) is 8.07. The summed E-state index contributed by atoms with van der Waals surface area (Å²) in [5.74, 6) is 0. The molecule has 0 aliphatic carbocycles. The van der Waals surface area contributed by atoms with Crippen LogP contribution in [0.25, 0.3) is 138 Å². The van der Waals surface area contributed by atoms with E-state index in [-0.39, 0.29) is 6.71 Å². The molecule has 14 aromatic carbocycles. The fourth-order valence-corrected chi connectivity index (χ4v) is 14.4. The van der Waals surface area contributed by atoms with Crippen molar-refractivity contribution in [2.75, 3.05) is 4.90 Å². The predicted octanol–water partition coefficient (Wildman–Crippen LogP) is 20.6. The van der Waals surface area contributed by atoms with E-state index in [1.165, 1.54) is 88.4 Å². The van der Waals surface area contributed by atoms with Gasteiger partial charge in [0, 0.05) is 49.7 Å². The maximum Gasteiger partial charge on any atom is 0.252 e. The van der Waals surface area contributed by atoms with Crippen LogP contribution in [0.1, 0.15) is 0 Å². The summed E-state index contributed by atoms with van der Waals surface area (Å²) in [5, 5.41) is 4.58. The molecule has 0 saturated heterocycles. The van der Waals surface area contributed by atoms with Gasteiger partial charge in [-0.3, -0.25) is 0 Å². The molecular formula is C84H53BN2O. The van der Waals surface area contributed by atoms with E-state index >= 15 is 0 Å². The minimum Gasteiger partial charge on any atom is -0.456 e. The van der Waals surface area contributed by atoms with Gasteiger partial charge in [0.05, 0.1) is 11.2 Å². The van der Waals surface area contributed by atoms with E-state index in [1.807, 2.05) is 0 Å². The number of fused-ring (bicyclic) bond motifs is 10. The van der Waals surface area contributed by atoms with Crippen LogP contribution in [0.2, 0.25) is 0 Å². The van der Waals surface area contributed by atoms with Crippen LogP contribution >= 0.6 is 0 Å². The highest BCUT2D eigenvalue weighted by molar-refractivity contribution is 7.00. The second-order valence-electron chi connectivity index (χ2n) is 23.5. The van der Waals surface area contributed by atoms with Gasteiger partial charge in [-0.1, -0.05) is 249 Å². The summed E-state index contributed by atoms with van der Waals surface area (Å²) in [6.45, 7) is -0.213. The standard InChI is InChI=1S/C84H53BN2O/c1-7-21-54(22-8-1)60-33-19-35-62(43-60)65-38-41-76-70(45-65)73-47-67(63-36-20-34-61(44-63)55-23-9-2-10-24-55)48-75-84(73)87(76)80-51-68(58-29-15-5-16-30-58)50-79-83(80)85(75)74-53-82-72(71-46-64(39-42-81(71)88-82)56-25-11-3-12-26-56)52-78(74)86(79)77-49-66(57-27-13-4-14-28-57)37-40-69(77)59-31-17-6-18-32-59/h1-53H. The zero-order valence-corrected chi connectivity index (χ0v) is 48.0. The van der Waals surface area contributed by atoms with Crippen LogP contribution in [0.4, 0.5) is 17.1 Å². The zero-order valence-electron chi connectivity index (χ0n) is 48.0. The molecule has 3 nitrogen and oxygen atoms in total. The highest BCUT2D eigenvalue weighted by Gasteiger charge is 2.44. The molecule has 0 amide bonds. The summed E-state index contributed by atoms with van der Waals surface area (Å²) in [5.41, 5.74) is 31.0. The largest absolute Gasteiger partial charge is 0.456 e.